The maximum absolute atomic E-state index is 0. The summed E-state index contributed by atoms with van der Waals surface area (Å²) < 4.78 is 0. The average Bonchev–Trinajstić information content (AvgIpc) is 0. The van der Waals surface area contributed by atoms with Crippen LogP contribution >= 0.6 is 9.90 Å². The summed E-state index contributed by atoms with van der Waals surface area (Å²) in [6.07, 6.45) is 0. The molecule has 0 N–H and O–H groups in total. The van der Waals surface area contributed by atoms with E-state index in [0.717, 1.165) is 0 Å². The fraction of sp³-hybridized carbons (Fsp3) is 0. The Morgan fingerprint density at radius 1 is 0.400 bits per heavy atom. The zero-order valence-electron chi connectivity index (χ0n) is 2.50. The molecule has 0 aromatic rings. The molecule has 0 aromatic heterocycles. The molecule has 0 bridgehead atoms. The van der Waals surface area contributed by atoms with Crippen LogP contribution in [-0.4, -0.2) is 0 Å². The zero-order chi connectivity index (χ0) is 0. The van der Waals surface area contributed by atoms with Crippen molar-refractivity contribution < 1.29 is 49.6 Å². The molecule has 0 saturated carbocycles. The Morgan fingerprint density at radius 2 is 0.400 bits per heavy atom. The molecule has 5 heteroatoms. The van der Waals surface area contributed by atoms with E-state index in [-0.39, 0.29) is 59.5 Å². The molecule has 0 aliphatic carbocycles. The summed E-state index contributed by atoms with van der Waals surface area (Å²) in [5.74, 6) is 0. The second-order valence-electron chi connectivity index (χ2n) is 0. The summed E-state index contributed by atoms with van der Waals surface area (Å²) in [6, 6.07) is 0. The number of hydrogen-bond donors (Lipinski definition) is 0. The van der Waals surface area contributed by atoms with Crippen molar-refractivity contribution in [1.82, 2.24) is 0 Å². The van der Waals surface area contributed by atoms with Crippen molar-refractivity contribution in [3.8, 4) is 0 Å². The third kappa shape index (κ3) is 28.5. The van der Waals surface area contributed by atoms with Gasteiger partial charge >= 0.3 is 0 Å². The minimum absolute atomic E-state index is 0. The van der Waals surface area contributed by atoms with Gasteiger partial charge in [0.15, 0.2) is 0 Å². The van der Waals surface area contributed by atoms with Gasteiger partial charge in [-0.05, 0) is 0 Å². The molecule has 1 unspecified atom stereocenters. The second-order valence-corrected chi connectivity index (χ2v) is 0. The summed E-state index contributed by atoms with van der Waals surface area (Å²) in [5, 5.41) is 0. The van der Waals surface area contributed by atoms with Gasteiger partial charge in [-0.15, -0.1) is 0 Å². The molecule has 0 heterocycles. The average molecular weight is 184 g/mol. The molecule has 0 spiro atoms. The largest absolute Gasteiger partial charge is 0.153 e. The fourth-order valence-electron chi connectivity index (χ4n) is 0. The summed E-state index contributed by atoms with van der Waals surface area (Å²) in [6.45, 7) is 0. The van der Waals surface area contributed by atoms with Crippen molar-refractivity contribution in [3.63, 3.8) is 0 Å². The smallest absolute Gasteiger partial charge is 0.0903 e. The van der Waals surface area contributed by atoms with Crippen molar-refractivity contribution in [2.45, 2.75) is 0 Å². The number of rotatable bonds is 0. The van der Waals surface area contributed by atoms with Crippen LogP contribution in [0.25, 0.3) is 0 Å². The highest BCUT2D eigenvalue weighted by atomic mass is 35.5. The molecule has 40 valence electrons. The third-order valence-electron chi connectivity index (χ3n) is 0. The summed E-state index contributed by atoms with van der Waals surface area (Å²) in [5.41, 5.74) is 0. The molecule has 0 fully saturated rings. The molecule has 1 atom stereocenters. The summed E-state index contributed by atoms with van der Waals surface area (Å²) in [7, 11) is 0. The van der Waals surface area contributed by atoms with Crippen LogP contribution in [0.15, 0.2) is 0 Å². The Balaban J connectivity index is 0. The summed E-state index contributed by atoms with van der Waals surface area (Å²) >= 11 is 0. The van der Waals surface area contributed by atoms with Gasteiger partial charge < -0.3 is 0 Å². The lowest BCUT2D eigenvalue weighted by molar-refractivity contribution is -0.00100. The van der Waals surface area contributed by atoms with Crippen LogP contribution < -0.4 is 0 Å². The first kappa shape index (κ1) is 81.5. The van der Waals surface area contributed by atoms with Crippen LogP contribution in [0.3, 0.4) is 0 Å². The minimum atomic E-state index is 0. The first-order chi connectivity index (χ1) is 0. The predicted molar refractivity (Wildman–Crippen MR) is 22.3 cm³/mol. The lowest BCUT2D eigenvalue weighted by Gasteiger charge is -0.153. The van der Waals surface area contributed by atoms with Crippen LogP contribution in [0, 0.1) is 49.6 Å². The molecule has 0 aromatic carbocycles. The van der Waals surface area contributed by atoms with E-state index in [2.05, 4.69) is 0 Å². The first-order valence-corrected chi connectivity index (χ1v) is 0. The molecule has 0 nitrogen and oxygen atoms in total. The van der Waals surface area contributed by atoms with E-state index < -0.39 is 0 Å². The Kier molecular flexibility index (Phi) is 759. The van der Waals surface area contributed by atoms with Crippen LogP contribution in [0.2, 0.25) is 0 Å². The van der Waals surface area contributed by atoms with Crippen LogP contribution in [-0.2, 0) is 0 Å². The van der Waals surface area contributed by atoms with Crippen LogP contribution in [0.4, 0.5) is 0 Å². The Hall–Kier alpha value is 1.59. The molecular weight excluding hydrogens is 173 g/mol. The Morgan fingerprint density at radius 3 is 0.400 bits per heavy atom. The van der Waals surface area contributed by atoms with Crippen molar-refractivity contribution in [2.24, 2.45) is 0 Å². The Labute approximate surface area is 59.7 Å². The maximum atomic E-state index is 0. The van der Waals surface area contributed by atoms with Gasteiger partial charge in [-0.3, -0.25) is 0 Å². The standard InChI is InChI=1S/4ClH2.H3P/h4*1H2;1H3/q4*+1;. The lowest BCUT2D eigenvalue weighted by atomic mass is 31.0. The van der Waals surface area contributed by atoms with Gasteiger partial charge in [-0.1, -0.05) is 0 Å². The van der Waals surface area contributed by atoms with Crippen LogP contribution in [0.1, 0.15) is 0 Å². The third-order valence-corrected chi connectivity index (χ3v) is 0. The molecule has 5 heavy (non-hydrogen) atoms. The van der Waals surface area contributed by atoms with Gasteiger partial charge in [-0.2, -0.15) is 9.90 Å². The first-order valence-electron chi connectivity index (χ1n) is 0. The van der Waals surface area contributed by atoms with E-state index in [1.165, 1.54) is 0 Å². The quantitative estimate of drug-likeness (QED) is 0.379. The van der Waals surface area contributed by atoms with Gasteiger partial charge in [0, 0.05) is 0 Å². The van der Waals surface area contributed by atoms with Gasteiger partial charge in [0.2, 0.25) is 0 Å². The highest BCUT2D eigenvalue weighted by Crippen LogP contribution is 0.861. The van der Waals surface area contributed by atoms with E-state index in [4.69, 9.17) is 0 Å². The van der Waals surface area contributed by atoms with Crippen molar-refractivity contribution in [3.05, 3.63) is 0 Å². The Bertz CT molecular complexity index is 3.61. The predicted octanol–water partition coefficient (Wildman–Crippen LogP) is -2.08. The van der Waals surface area contributed by atoms with Gasteiger partial charge in [-0.25, -0.2) is 0 Å². The van der Waals surface area contributed by atoms with E-state index in [1.807, 2.05) is 0 Å². The maximum Gasteiger partial charge on any atom is 0.0903 e. The highest BCUT2D eigenvalue weighted by molar-refractivity contribution is 6.92. The van der Waals surface area contributed by atoms with Gasteiger partial charge in [0.05, 0.1) is 49.6 Å². The van der Waals surface area contributed by atoms with E-state index in [1.54, 1.807) is 0 Å². The number of halogens is 4. The molecule has 0 aliphatic heterocycles. The molecule has 0 radical (unpaired) electrons. The molecule has 0 aliphatic rings. The molecule has 0 rings (SSSR count). The second kappa shape index (κ2) is 46.6. The van der Waals surface area contributed by atoms with Crippen molar-refractivity contribution in [1.29, 1.82) is 0 Å². The monoisotopic (exact) mass is 182 g/mol. The fourth-order valence-corrected chi connectivity index (χ4v) is 0. The van der Waals surface area contributed by atoms with Crippen molar-refractivity contribution in [2.75, 3.05) is 0 Å². The molecule has 0 saturated heterocycles. The molecule has 0 amide bonds. The highest BCUT2D eigenvalue weighted by Gasteiger charge is 0.0933. The minimum Gasteiger partial charge on any atom is -0.153 e. The van der Waals surface area contributed by atoms with E-state index in [0.29, 0.717) is 0 Å². The topological polar surface area (TPSA) is 0 Å². The van der Waals surface area contributed by atoms with Crippen LogP contribution in [0.5, 0.6) is 0 Å². The van der Waals surface area contributed by atoms with Crippen molar-refractivity contribution >= 4 is 9.90 Å². The van der Waals surface area contributed by atoms with Gasteiger partial charge in [0.25, 0.3) is 0 Å². The van der Waals surface area contributed by atoms with E-state index in [9.17, 15) is 0 Å². The van der Waals surface area contributed by atoms with E-state index >= 15 is 0 Å². The molecular formula is H11Cl4P+4. The normalized spacial score (nSPS) is 0. The SMILES string of the molecule is P.[ClH2+].[ClH2+].[ClH2+].[ClH2+]. The lowest BCUT2D eigenvalue weighted by Crippen LogP contribution is -0.00100. The number of hydrogen-bond acceptors (Lipinski definition) is 0. The summed E-state index contributed by atoms with van der Waals surface area (Å²) in [4.78, 5) is 0. The van der Waals surface area contributed by atoms with Gasteiger partial charge in [0.1, 0.15) is 0 Å². The zero-order valence-corrected chi connectivity index (χ0v) is 7.49.